The van der Waals surface area contributed by atoms with Crippen molar-refractivity contribution in [3.05, 3.63) is 130 Å². The Labute approximate surface area is 392 Å². The Bertz CT molecular complexity index is 2900. The monoisotopic (exact) mass is 926 g/mol. The Morgan fingerprint density at radius 3 is 2.41 bits per heavy atom. The number of piperidine rings is 1. The summed E-state index contributed by atoms with van der Waals surface area (Å²) in [6.45, 7) is 4.84. The van der Waals surface area contributed by atoms with E-state index >= 15 is 0 Å². The lowest BCUT2D eigenvalue weighted by atomic mass is 9.84. The van der Waals surface area contributed by atoms with E-state index in [1.54, 1.807) is 88.7 Å². The molecule has 0 radical (unpaired) electrons. The zero-order valence-corrected chi connectivity index (χ0v) is 38.6. The molecule has 3 aliphatic rings. The average Bonchev–Trinajstić information content (AvgIpc) is 3.35. The molecule has 3 N–H and O–H groups in total. The van der Waals surface area contributed by atoms with E-state index in [-0.39, 0.29) is 52.5 Å². The SMILES string of the molecule is CCC(C)(C)C(=O)C(=O)N1CCCC[C@H]1C(=O)O[C@H](CCc1ccc(OC)c(OC)c1)c1cccc(OCC(=O)NCc2c(O)ccc3c(-c4ccccc4C(=O)O)c4ccc(=O)cc-4oc23)c1. The van der Waals surface area contributed by atoms with Crippen LogP contribution >= 0.6 is 0 Å². The molecule has 68 heavy (non-hydrogen) atoms. The summed E-state index contributed by atoms with van der Waals surface area (Å²) in [5.74, 6) is -2.28. The number of nitrogens with one attached hydrogen (secondary N) is 1. The molecule has 2 atom stereocenters. The lowest BCUT2D eigenvalue weighted by molar-refractivity contribution is -0.164. The van der Waals surface area contributed by atoms with Crippen LogP contribution in [-0.4, -0.2) is 78.1 Å². The molecule has 2 heterocycles. The van der Waals surface area contributed by atoms with Crippen LogP contribution in [0.4, 0.5) is 0 Å². The Kier molecular flexibility index (Phi) is 14.8. The third-order valence-corrected chi connectivity index (χ3v) is 12.6. The number of likely N-dealkylation sites (tertiary alicyclic amines) is 1. The number of ether oxygens (including phenoxy) is 4. The molecule has 1 saturated heterocycles. The molecule has 4 aromatic rings. The number of methoxy groups -OCH3 is 2. The molecule has 0 saturated carbocycles. The number of aryl methyl sites for hydroxylation is 1. The van der Waals surface area contributed by atoms with Crippen LogP contribution < -0.4 is 25.0 Å². The number of Topliss-reactive ketones (excluding diaryl/α,β-unsaturated/α-hetero) is 1. The maximum atomic E-state index is 14.1. The Morgan fingerprint density at radius 1 is 0.882 bits per heavy atom. The second-order valence-corrected chi connectivity index (χ2v) is 17.3. The molecule has 2 amide bonds. The topological polar surface area (TPSA) is 208 Å². The third kappa shape index (κ3) is 10.5. The van der Waals surface area contributed by atoms with Crippen LogP contribution in [0.15, 0.2) is 106 Å². The number of hydrogen-bond donors (Lipinski definition) is 3. The lowest BCUT2D eigenvalue weighted by Gasteiger charge is -2.36. The van der Waals surface area contributed by atoms with Gasteiger partial charge in [0.2, 0.25) is 5.78 Å². The van der Waals surface area contributed by atoms with Gasteiger partial charge in [0.25, 0.3) is 11.8 Å². The fourth-order valence-corrected chi connectivity index (χ4v) is 8.37. The van der Waals surface area contributed by atoms with E-state index in [1.807, 2.05) is 19.1 Å². The fourth-order valence-electron chi connectivity index (χ4n) is 8.37. The number of nitrogens with zero attached hydrogens (tertiary/aromatic N) is 1. The number of carboxylic acid groups (broad SMARTS) is 1. The largest absolute Gasteiger partial charge is 0.507 e. The Balaban J connectivity index is 1.11. The number of benzene rings is 5. The van der Waals surface area contributed by atoms with E-state index in [1.165, 1.54) is 29.2 Å². The highest BCUT2D eigenvalue weighted by Gasteiger charge is 2.41. The molecule has 354 valence electrons. The molecule has 15 heteroatoms. The summed E-state index contributed by atoms with van der Waals surface area (Å²) in [5.41, 5.74) is 1.86. The fraction of sp³-hybridized carbons (Fsp3) is 0.321. The van der Waals surface area contributed by atoms with Gasteiger partial charge >= 0.3 is 11.9 Å². The number of carbonyl (C=O) groups is 5. The zero-order chi connectivity index (χ0) is 48.7. The number of hydrogen-bond acceptors (Lipinski definition) is 12. The van der Waals surface area contributed by atoms with Crippen LogP contribution in [0, 0.1) is 5.41 Å². The summed E-state index contributed by atoms with van der Waals surface area (Å²) < 4.78 is 29.3. The summed E-state index contributed by atoms with van der Waals surface area (Å²) >= 11 is 0. The number of fused-ring (bicyclic) bond motifs is 2. The lowest BCUT2D eigenvalue weighted by Crippen LogP contribution is -2.53. The summed E-state index contributed by atoms with van der Waals surface area (Å²) in [6, 6.07) is 25.0. The summed E-state index contributed by atoms with van der Waals surface area (Å²) in [5, 5.41) is 24.3. The number of rotatable bonds is 18. The molecule has 1 fully saturated rings. The van der Waals surface area contributed by atoms with E-state index in [9.17, 15) is 39.0 Å². The molecule has 0 unspecified atom stereocenters. The van der Waals surface area contributed by atoms with Crippen molar-refractivity contribution < 1.29 is 57.6 Å². The maximum Gasteiger partial charge on any atom is 0.336 e. The minimum atomic E-state index is -1.16. The summed E-state index contributed by atoms with van der Waals surface area (Å²) in [4.78, 5) is 80.5. The Hall–Kier alpha value is -7.68. The number of carboxylic acids is 1. The quantitative estimate of drug-likeness (QED) is 0.0422. The smallest absolute Gasteiger partial charge is 0.336 e. The molecule has 0 bridgehead atoms. The molecule has 0 spiro atoms. The van der Waals surface area contributed by atoms with Crippen molar-refractivity contribution in [3.8, 4) is 45.4 Å². The van der Waals surface area contributed by atoms with Crippen LogP contribution in [0.3, 0.4) is 0 Å². The first-order valence-corrected chi connectivity index (χ1v) is 22.4. The minimum absolute atomic E-state index is 0.0195. The number of phenolic OH excluding ortho intramolecular Hbond substituents is 1. The number of carbonyl (C=O) groups excluding carboxylic acids is 4. The molecule has 2 aliphatic heterocycles. The maximum absolute atomic E-state index is 14.1. The van der Waals surface area contributed by atoms with Crippen molar-refractivity contribution in [1.29, 1.82) is 0 Å². The first-order valence-electron chi connectivity index (χ1n) is 22.4. The second-order valence-electron chi connectivity index (χ2n) is 17.3. The van der Waals surface area contributed by atoms with Crippen LogP contribution in [0.1, 0.15) is 86.0 Å². The molecular formula is C53H54N2O13. The van der Waals surface area contributed by atoms with Gasteiger partial charge in [-0.1, -0.05) is 57.2 Å². The van der Waals surface area contributed by atoms with Gasteiger partial charge in [0.1, 0.15) is 35.0 Å². The molecule has 7 rings (SSSR count). The normalized spacial score (nSPS) is 14.2. The van der Waals surface area contributed by atoms with Crippen molar-refractivity contribution in [2.45, 2.75) is 78.0 Å². The summed E-state index contributed by atoms with van der Waals surface area (Å²) in [6.07, 6.45) is 2.03. The van der Waals surface area contributed by atoms with Crippen LogP contribution in [0.2, 0.25) is 0 Å². The van der Waals surface area contributed by atoms with Gasteiger partial charge in [-0.3, -0.25) is 19.2 Å². The van der Waals surface area contributed by atoms with Gasteiger partial charge in [-0.2, -0.15) is 0 Å². The molecule has 4 aromatic carbocycles. The van der Waals surface area contributed by atoms with Gasteiger partial charge < -0.3 is 43.8 Å². The number of esters is 1. The predicted octanol–water partition coefficient (Wildman–Crippen LogP) is 8.28. The van der Waals surface area contributed by atoms with Gasteiger partial charge in [-0.15, -0.1) is 0 Å². The van der Waals surface area contributed by atoms with Crippen molar-refractivity contribution in [3.63, 3.8) is 0 Å². The highest BCUT2D eigenvalue weighted by molar-refractivity contribution is 6.38. The van der Waals surface area contributed by atoms with Crippen LogP contribution in [0.5, 0.6) is 23.0 Å². The number of amides is 2. The highest BCUT2D eigenvalue weighted by atomic mass is 16.5. The van der Waals surface area contributed by atoms with E-state index in [2.05, 4.69) is 5.32 Å². The van der Waals surface area contributed by atoms with Gasteiger partial charge in [-0.25, -0.2) is 9.59 Å². The van der Waals surface area contributed by atoms with E-state index in [0.29, 0.717) is 77.7 Å². The zero-order valence-electron chi connectivity index (χ0n) is 38.6. The van der Waals surface area contributed by atoms with Crippen molar-refractivity contribution in [1.82, 2.24) is 10.2 Å². The number of aromatic carboxylic acids is 1. The molecule has 1 aliphatic carbocycles. The molecule has 0 aromatic heterocycles. The van der Waals surface area contributed by atoms with Gasteiger partial charge in [-0.05, 0) is 110 Å². The Morgan fingerprint density at radius 2 is 1.66 bits per heavy atom. The number of phenols is 1. The first kappa shape index (κ1) is 48.3. The molecular weight excluding hydrogens is 873 g/mol. The first-order chi connectivity index (χ1) is 32.6. The van der Waals surface area contributed by atoms with Crippen LogP contribution in [0.25, 0.3) is 33.4 Å². The standard InChI is InChI=1S/C53H54N2O13/c1-6-53(2,3)49(59)50(60)55-25-10-9-16-40(55)52(63)68-42(23-17-31-18-24-43(64-4)45(26-31)65-5)32-12-11-13-34(27-32)66-30-46(58)54-29-39-41(57)22-21-38-47(35-14-7-8-15-36(35)51(61)62)37-20-19-33(56)28-44(37)67-48(38)39/h7-8,11-15,18-22,24,26-28,40,42,57H,6,9-10,16-17,23,25,29-30H2,1-5H3,(H,54,58)(H,61,62)/t40-,42+/m0/s1. The molecule has 15 nitrogen and oxygen atoms in total. The van der Waals surface area contributed by atoms with Crippen molar-refractivity contribution in [2.75, 3.05) is 27.4 Å². The van der Waals surface area contributed by atoms with E-state index < -0.39 is 53.7 Å². The van der Waals surface area contributed by atoms with Crippen molar-refractivity contribution >= 4 is 40.5 Å². The van der Waals surface area contributed by atoms with Gasteiger partial charge in [0, 0.05) is 34.5 Å². The third-order valence-electron chi connectivity index (χ3n) is 12.6. The van der Waals surface area contributed by atoms with Gasteiger partial charge in [0.05, 0.1) is 31.9 Å². The number of ketones is 1. The highest BCUT2D eigenvalue weighted by Crippen LogP contribution is 2.43. The van der Waals surface area contributed by atoms with Crippen molar-refractivity contribution in [2.24, 2.45) is 5.41 Å². The minimum Gasteiger partial charge on any atom is -0.507 e. The number of aromatic hydroxyl groups is 1. The van der Waals surface area contributed by atoms with E-state index in [4.69, 9.17) is 23.4 Å². The predicted molar refractivity (Wildman–Crippen MR) is 252 cm³/mol. The second kappa shape index (κ2) is 20.9. The average molecular weight is 927 g/mol. The van der Waals surface area contributed by atoms with E-state index in [0.717, 1.165) is 5.56 Å². The van der Waals surface area contributed by atoms with Crippen LogP contribution in [-0.2, 0) is 36.9 Å². The van der Waals surface area contributed by atoms with Gasteiger partial charge in [0.15, 0.2) is 23.5 Å². The summed E-state index contributed by atoms with van der Waals surface area (Å²) in [7, 11) is 3.09.